The van der Waals surface area contributed by atoms with E-state index in [0.29, 0.717) is 18.0 Å². The molecule has 6 heteroatoms. The van der Waals surface area contributed by atoms with Crippen LogP contribution >= 0.6 is 0 Å². The molecular formula is C22H24N4O2. The highest BCUT2D eigenvalue weighted by atomic mass is 16.4. The van der Waals surface area contributed by atoms with Gasteiger partial charge in [0.2, 0.25) is 0 Å². The van der Waals surface area contributed by atoms with E-state index in [1.165, 1.54) is 6.20 Å². The zero-order chi connectivity index (χ0) is 19.5. The third-order valence-corrected chi connectivity index (χ3v) is 5.45. The fourth-order valence-electron chi connectivity index (χ4n) is 3.82. The van der Waals surface area contributed by atoms with Crippen molar-refractivity contribution in [3.05, 3.63) is 71.8 Å². The molecule has 0 atom stereocenters. The Bertz CT molecular complexity index is 960. The van der Waals surface area contributed by atoms with Gasteiger partial charge in [-0.15, -0.1) is 0 Å². The molecule has 3 aromatic rings. The average Bonchev–Trinajstić information content (AvgIpc) is 3.13. The highest BCUT2D eigenvalue weighted by molar-refractivity contribution is 5.89. The third-order valence-electron chi connectivity index (χ3n) is 5.45. The predicted octanol–water partition coefficient (Wildman–Crippen LogP) is 3.50. The molecule has 1 aliphatic heterocycles. The topological polar surface area (TPSA) is 71.2 Å². The summed E-state index contributed by atoms with van der Waals surface area (Å²) in [4.78, 5) is 18.1. The van der Waals surface area contributed by atoms with Gasteiger partial charge in [0, 0.05) is 30.6 Å². The number of hydrogen-bond donors (Lipinski definition) is 1. The molecule has 0 spiro atoms. The molecule has 0 aliphatic carbocycles. The number of likely N-dealkylation sites (tertiary alicyclic amines) is 1. The van der Waals surface area contributed by atoms with Crippen molar-refractivity contribution in [1.82, 2.24) is 19.7 Å². The Morgan fingerprint density at radius 1 is 1.18 bits per heavy atom. The molecule has 1 fully saturated rings. The molecule has 0 bridgehead atoms. The number of nitrogens with zero attached hydrogens (tertiary/aromatic N) is 4. The van der Waals surface area contributed by atoms with E-state index in [9.17, 15) is 9.90 Å². The molecule has 1 aromatic carbocycles. The van der Waals surface area contributed by atoms with Crippen LogP contribution in [0.2, 0.25) is 0 Å². The Morgan fingerprint density at radius 2 is 1.93 bits per heavy atom. The Labute approximate surface area is 164 Å². The minimum Gasteiger partial charge on any atom is -0.478 e. The van der Waals surface area contributed by atoms with Crippen LogP contribution in [0.4, 0.5) is 0 Å². The second-order valence-corrected chi connectivity index (χ2v) is 7.38. The SMILES string of the molecule is CN1CCC(n2cc(-c3ccccc3)c(Cc3cnccc3C(=O)O)n2)CC1. The number of rotatable bonds is 5. The normalized spacial score (nSPS) is 15.6. The van der Waals surface area contributed by atoms with E-state index in [1.54, 1.807) is 12.3 Å². The van der Waals surface area contributed by atoms with Crippen molar-refractivity contribution < 1.29 is 9.90 Å². The summed E-state index contributed by atoms with van der Waals surface area (Å²) in [7, 11) is 2.15. The van der Waals surface area contributed by atoms with Gasteiger partial charge in [-0.3, -0.25) is 9.67 Å². The van der Waals surface area contributed by atoms with Gasteiger partial charge < -0.3 is 10.0 Å². The summed E-state index contributed by atoms with van der Waals surface area (Å²) >= 11 is 0. The van der Waals surface area contributed by atoms with Crippen LogP contribution in [0.3, 0.4) is 0 Å². The van der Waals surface area contributed by atoms with Gasteiger partial charge in [0.05, 0.1) is 17.3 Å². The summed E-state index contributed by atoms with van der Waals surface area (Å²) in [6, 6.07) is 12.1. The molecule has 1 aliphatic rings. The Balaban J connectivity index is 1.72. The van der Waals surface area contributed by atoms with Gasteiger partial charge in [-0.2, -0.15) is 5.10 Å². The molecule has 28 heavy (non-hydrogen) atoms. The zero-order valence-corrected chi connectivity index (χ0v) is 16.0. The number of aromatic carboxylic acids is 1. The maximum absolute atomic E-state index is 11.6. The van der Waals surface area contributed by atoms with Crippen LogP contribution in [0.15, 0.2) is 55.0 Å². The van der Waals surface area contributed by atoms with Crippen molar-refractivity contribution in [2.75, 3.05) is 20.1 Å². The molecule has 1 saturated heterocycles. The summed E-state index contributed by atoms with van der Waals surface area (Å²) in [5.74, 6) is -0.937. The van der Waals surface area contributed by atoms with E-state index in [4.69, 9.17) is 5.10 Å². The van der Waals surface area contributed by atoms with Crippen LogP contribution in [-0.2, 0) is 6.42 Å². The zero-order valence-electron chi connectivity index (χ0n) is 16.0. The lowest BCUT2D eigenvalue weighted by Gasteiger charge is -2.29. The van der Waals surface area contributed by atoms with Crippen LogP contribution in [0.25, 0.3) is 11.1 Å². The van der Waals surface area contributed by atoms with Gasteiger partial charge in [-0.1, -0.05) is 30.3 Å². The van der Waals surface area contributed by atoms with Gasteiger partial charge in [0.25, 0.3) is 0 Å². The second kappa shape index (κ2) is 7.94. The lowest BCUT2D eigenvalue weighted by Crippen LogP contribution is -2.31. The number of aromatic nitrogens is 3. The standard InChI is InChI=1S/C22H24N4O2/c1-25-11-8-18(9-12-25)26-15-20(16-5-3-2-4-6-16)21(24-26)13-17-14-23-10-7-19(17)22(27)28/h2-7,10,14-15,18H,8-9,11-13H2,1H3,(H,27,28). The van der Waals surface area contributed by atoms with E-state index >= 15 is 0 Å². The van der Waals surface area contributed by atoms with Crippen molar-refractivity contribution >= 4 is 5.97 Å². The van der Waals surface area contributed by atoms with Crippen molar-refractivity contribution in [1.29, 1.82) is 0 Å². The number of piperidine rings is 1. The van der Waals surface area contributed by atoms with Crippen molar-refractivity contribution in [2.45, 2.75) is 25.3 Å². The van der Waals surface area contributed by atoms with Gasteiger partial charge in [-0.25, -0.2) is 4.79 Å². The van der Waals surface area contributed by atoms with Crippen molar-refractivity contribution in [3.8, 4) is 11.1 Å². The second-order valence-electron chi connectivity index (χ2n) is 7.38. The number of benzene rings is 1. The van der Waals surface area contributed by atoms with Crippen LogP contribution in [0.1, 0.15) is 40.5 Å². The molecule has 2 aromatic heterocycles. The summed E-state index contributed by atoms with van der Waals surface area (Å²) in [5.41, 5.74) is 4.00. The average molecular weight is 376 g/mol. The smallest absolute Gasteiger partial charge is 0.336 e. The molecule has 0 saturated carbocycles. The maximum Gasteiger partial charge on any atom is 0.336 e. The third kappa shape index (κ3) is 3.82. The van der Waals surface area contributed by atoms with Crippen molar-refractivity contribution in [3.63, 3.8) is 0 Å². The van der Waals surface area contributed by atoms with Gasteiger partial charge in [-0.05, 0) is 50.2 Å². The number of carboxylic acids is 1. The van der Waals surface area contributed by atoms with Gasteiger partial charge in [0.15, 0.2) is 0 Å². The van der Waals surface area contributed by atoms with E-state index < -0.39 is 5.97 Å². The van der Waals surface area contributed by atoms with Crippen LogP contribution < -0.4 is 0 Å². The number of pyridine rings is 1. The molecule has 6 nitrogen and oxygen atoms in total. The highest BCUT2D eigenvalue weighted by Gasteiger charge is 2.22. The number of carboxylic acid groups (broad SMARTS) is 1. The largest absolute Gasteiger partial charge is 0.478 e. The van der Waals surface area contributed by atoms with E-state index in [1.807, 2.05) is 18.2 Å². The van der Waals surface area contributed by atoms with Crippen LogP contribution in [0.5, 0.6) is 0 Å². The Kier molecular flexibility index (Phi) is 5.21. The molecule has 1 N–H and O–H groups in total. The minimum atomic E-state index is -0.937. The summed E-state index contributed by atoms with van der Waals surface area (Å²) in [6.07, 6.45) is 7.85. The fourth-order valence-corrected chi connectivity index (χ4v) is 3.82. The quantitative estimate of drug-likeness (QED) is 0.738. The molecule has 0 amide bonds. The lowest BCUT2D eigenvalue weighted by atomic mass is 10.00. The first kappa shape index (κ1) is 18.4. The minimum absolute atomic E-state index is 0.280. The molecule has 0 unspecified atom stereocenters. The fraction of sp³-hybridized carbons (Fsp3) is 0.318. The number of hydrogen-bond acceptors (Lipinski definition) is 4. The van der Waals surface area contributed by atoms with Crippen molar-refractivity contribution in [2.24, 2.45) is 0 Å². The van der Waals surface area contributed by atoms with Gasteiger partial charge in [0.1, 0.15) is 0 Å². The van der Waals surface area contributed by atoms with Gasteiger partial charge >= 0.3 is 5.97 Å². The molecule has 144 valence electrons. The van der Waals surface area contributed by atoms with E-state index in [2.05, 4.69) is 39.9 Å². The predicted molar refractivity (Wildman–Crippen MR) is 107 cm³/mol. The van der Waals surface area contributed by atoms with Crippen LogP contribution in [-0.4, -0.2) is 50.9 Å². The van der Waals surface area contributed by atoms with Crippen LogP contribution in [0, 0.1) is 0 Å². The first-order chi connectivity index (χ1) is 13.6. The van der Waals surface area contributed by atoms with E-state index in [-0.39, 0.29) is 5.56 Å². The molecule has 3 heterocycles. The number of carbonyl (C=O) groups is 1. The Morgan fingerprint density at radius 3 is 2.64 bits per heavy atom. The lowest BCUT2D eigenvalue weighted by molar-refractivity contribution is 0.0695. The van der Waals surface area contributed by atoms with E-state index in [0.717, 1.165) is 42.8 Å². The first-order valence-electron chi connectivity index (χ1n) is 9.60. The molecular weight excluding hydrogens is 352 g/mol. The monoisotopic (exact) mass is 376 g/mol. The first-order valence-corrected chi connectivity index (χ1v) is 9.60. The summed E-state index contributed by atoms with van der Waals surface area (Å²) in [6.45, 7) is 2.12. The summed E-state index contributed by atoms with van der Waals surface area (Å²) in [5, 5.41) is 14.4. The molecule has 0 radical (unpaired) electrons. The highest BCUT2D eigenvalue weighted by Crippen LogP contribution is 2.29. The Hall–Kier alpha value is -2.99. The summed E-state index contributed by atoms with van der Waals surface area (Å²) < 4.78 is 2.08. The molecule has 4 rings (SSSR count). The maximum atomic E-state index is 11.6.